The summed E-state index contributed by atoms with van der Waals surface area (Å²) >= 11 is 5.78. The van der Waals surface area contributed by atoms with Crippen LogP contribution in [0.3, 0.4) is 0 Å². The molecule has 3 amide bonds. The number of halogens is 1. The smallest absolute Gasteiger partial charge is 0.240 e. The maximum Gasteiger partial charge on any atom is 0.240 e. The highest BCUT2D eigenvalue weighted by atomic mass is 35.5. The van der Waals surface area contributed by atoms with Gasteiger partial charge in [0.1, 0.15) is 0 Å². The van der Waals surface area contributed by atoms with Crippen LogP contribution >= 0.6 is 11.6 Å². The van der Waals surface area contributed by atoms with E-state index in [1.54, 1.807) is 48.5 Å². The molecule has 3 N–H and O–H groups in total. The topological polar surface area (TPSA) is 99.7 Å². The first-order valence-electron chi connectivity index (χ1n) is 8.17. The molecule has 0 aliphatic rings. The zero-order chi connectivity index (χ0) is 19.6. The number of carbonyl (C=O) groups is 3. The van der Waals surface area contributed by atoms with Gasteiger partial charge in [-0.3, -0.25) is 14.4 Å². The number of anilines is 2. The van der Waals surface area contributed by atoms with E-state index in [4.69, 9.17) is 11.6 Å². The monoisotopic (exact) mass is 386 g/mol. The van der Waals surface area contributed by atoms with E-state index in [0.717, 1.165) is 5.56 Å². The van der Waals surface area contributed by atoms with Gasteiger partial charge in [0.15, 0.2) is 0 Å². The van der Waals surface area contributed by atoms with Gasteiger partial charge in [0.2, 0.25) is 17.7 Å². The molecule has 0 bridgehead atoms. The lowest BCUT2D eigenvalue weighted by atomic mass is 10.2. The number of hydrogen-bond donors (Lipinski definition) is 3. The lowest BCUT2D eigenvalue weighted by Gasteiger charge is -2.06. The van der Waals surface area contributed by atoms with E-state index in [1.165, 1.54) is 13.1 Å². The third-order valence-corrected chi connectivity index (χ3v) is 3.59. The van der Waals surface area contributed by atoms with Crippen LogP contribution in [-0.4, -0.2) is 23.9 Å². The summed E-state index contributed by atoms with van der Waals surface area (Å²) in [5, 5.41) is 9.77. The standard InChI is InChI=1S/C19H19ClN4O3/c1-13(25)22-16-6-8-17(9-7-16)23-18(26)10-11-19(27)24-21-12-14-2-4-15(20)5-3-14/h2-9,12H,10-11H2,1H3,(H,22,25)(H,23,26)(H,24,27). The third-order valence-electron chi connectivity index (χ3n) is 3.34. The first-order chi connectivity index (χ1) is 12.9. The zero-order valence-corrected chi connectivity index (χ0v) is 15.4. The summed E-state index contributed by atoms with van der Waals surface area (Å²) in [6, 6.07) is 13.7. The Labute approximate surface area is 161 Å². The number of rotatable bonds is 7. The van der Waals surface area contributed by atoms with E-state index in [9.17, 15) is 14.4 Å². The van der Waals surface area contributed by atoms with Gasteiger partial charge in [-0.15, -0.1) is 0 Å². The van der Waals surface area contributed by atoms with Crippen molar-refractivity contribution in [1.29, 1.82) is 0 Å². The van der Waals surface area contributed by atoms with Gasteiger partial charge >= 0.3 is 0 Å². The summed E-state index contributed by atoms with van der Waals surface area (Å²) in [5.74, 6) is -0.827. The number of carbonyl (C=O) groups excluding carboxylic acids is 3. The molecule has 0 aliphatic heterocycles. The molecule has 0 unspecified atom stereocenters. The van der Waals surface area contributed by atoms with E-state index >= 15 is 0 Å². The fourth-order valence-corrected chi connectivity index (χ4v) is 2.20. The van der Waals surface area contributed by atoms with E-state index < -0.39 is 0 Å². The summed E-state index contributed by atoms with van der Waals surface area (Å²) in [6.45, 7) is 1.42. The summed E-state index contributed by atoms with van der Waals surface area (Å²) in [6.07, 6.45) is 1.52. The lowest BCUT2D eigenvalue weighted by molar-refractivity contribution is -0.124. The predicted molar refractivity (Wildman–Crippen MR) is 106 cm³/mol. The molecule has 140 valence electrons. The van der Waals surface area contributed by atoms with Gasteiger partial charge in [0.25, 0.3) is 0 Å². The highest BCUT2D eigenvalue weighted by Gasteiger charge is 2.07. The zero-order valence-electron chi connectivity index (χ0n) is 14.7. The molecule has 0 saturated carbocycles. The Morgan fingerprint density at radius 1 is 0.889 bits per heavy atom. The van der Waals surface area contributed by atoms with Crippen molar-refractivity contribution in [2.24, 2.45) is 5.10 Å². The Morgan fingerprint density at radius 3 is 2.04 bits per heavy atom. The van der Waals surface area contributed by atoms with Crippen molar-refractivity contribution >= 4 is 46.9 Å². The number of nitrogens with one attached hydrogen (secondary N) is 3. The van der Waals surface area contributed by atoms with Crippen LogP contribution < -0.4 is 16.1 Å². The lowest BCUT2D eigenvalue weighted by Crippen LogP contribution is -2.20. The molecule has 2 aromatic rings. The number of hydrogen-bond acceptors (Lipinski definition) is 4. The molecule has 7 nitrogen and oxygen atoms in total. The van der Waals surface area contributed by atoms with Crippen molar-refractivity contribution in [1.82, 2.24) is 5.43 Å². The van der Waals surface area contributed by atoms with Crippen LogP contribution in [0.15, 0.2) is 53.6 Å². The molecule has 2 rings (SSSR count). The molecule has 0 heterocycles. The minimum Gasteiger partial charge on any atom is -0.326 e. The van der Waals surface area contributed by atoms with Crippen molar-refractivity contribution in [3.05, 3.63) is 59.1 Å². The predicted octanol–water partition coefficient (Wildman–Crippen LogP) is 3.17. The number of hydrazone groups is 1. The van der Waals surface area contributed by atoms with E-state index in [-0.39, 0.29) is 30.6 Å². The van der Waals surface area contributed by atoms with Gasteiger partial charge in [0, 0.05) is 36.2 Å². The highest BCUT2D eigenvalue weighted by molar-refractivity contribution is 6.30. The molecule has 0 aliphatic carbocycles. The summed E-state index contributed by atoms with van der Waals surface area (Å²) in [7, 11) is 0. The van der Waals surface area contributed by atoms with Crippen LogP contribution in [-0.2, 0) is 14.4 Å². The summed E-state index contributed by atoms with van der Waals surface area (Å²) in [4.78, 5) is 34.6. The molecular weight excluding hydrogens is 368 g/mol. The highest BCUT2D eigenvalue weighted by Crippen LogP contribution is 2.14. The maximum absolute atomic E-state index is 11.9. The van der Waals surface area contributed by atoms with Crippen molar-refractivity contribution in [2.45, 2.75) is 19.8 Å². The molecule has 0 radical (unpaired) electrons. The van der Waals surface area contributed by atoms with Gasteiger partial charge in [-0.1, -0.05) is 23.7 Å². The molecular formula is C19H19ClN4O3. The molecule has 27 heavy (non-hydrogen) atoms. The Balaban J connectivity index is 1.72. The van der Waals surface area contributed by atoms with Crippen LogP contribution in [0.4, 0.5) is 11.4 Å². The second-order valence-electron chi connectivity index (χ2n) is 5.65. The van der Waals surface area contributed by atoms with Crippen LogP contribution in [0.1, 0.15) is 25.3 Å². The summed E-state index contributed by atoms with van der Waals surface area (Å²) < 4.78 is 0. The van der Waals surface area contributed by atoms with Gasteiger partial charge in [-0.2, -0.15) is 5.10 Å². The average molecular weight is 387 g/mol. The number of nitrogens with zero attached hydrogens (tertiary/aromatic N) is 1. The fraction of sp³-hybridized carbons (Fsp3) is 0.158. The molecule has 8 heteroatoms. The average Bonchev–Trinajstić information content (AvgIpc) is 2.63. The first-order valence-corrected chi connectivity index (χ1v) is 8.55. The van der Waals surface area contributed by atoms with Crippen LogP contribution in [0, 0.1) is 0 Å². The Bertz CT molecular complexity index is 833. The van der Waals surface area contributed by atoms with Crippen LogP contribution in [0.5, 0.6) is 0 Å². The van der Waals surface area contributed by atoms with Crippen LogP contribution in [0.25, 0.3) is 0 Å². The molecule has 0 aromatic heterocycles. The Kier molecular flexibility index (Phi) is 7.51. The molecule has 0 spiro atoms. The summed E-state index contributed by atoms with van der Waals surface area (Å²) in [5.41, 5.74) is 4.38. The molecule has 0 atom stereocenters. The van der Waals surface area contributed by atoms with Gasteiger partial charge in [0.05, 0.1) is 6.21 Å². The second-order valence-corrected chi connectivity index (χ2v) is 6.09. The minimum absolute atomic E-state index is 0.00771. The second kappa shape index (κ2) is 10.1. The molecule has 0 fully saturated rings. The largest absolute Gasteiger partial charge is 0.326 e. The SMILES string of the molecule is CC(=O)Nc1ccc(NC(=O)CCC(=O)NN=Cc2ccc(Cl)cc2)cc1. The van der Waals surface area contributed by atoms with Crippen molar-refractivity contribution < 1.29 is 14.4 Å². The first kappa shape index (κ1) is 20.1. The quantitative estimate of drug-likeness (QED) is 0.503. The number of benzene rings is 2. The van der Waals surface area contributed by atoms with E-state index in [0.29, 0.717) is 16.4 Å². The van der Waals surface area contributed by atoms with Gasteiger partial charge < -0.3 is 10.6 Å². The molecule has 0 saturated heterocycles. The number of amides is 3. The van der Waals surface area contributed by atoms with Crippen LogP contribution in [0.2, 0.25) is 5.02 Å². The van der Waals surface area contributed by atoms with E-state index in [2.05, 4.69) is 21.2 Å². The third kappa shape index (κ3) is 7.70. The minimum atomic E-state index is -0.364. The Hall–Kier alpha value is -3.19. The van der Waals surface area contributed by atoms with Crippen molar-refractivity contribution in [3.63, 3.8) is 0 Å². The van der Waals surface area contributed by atoms with Gasteiger partial charge in [-0.25, -0.2) is 5.43 Å². The molecule has 2 aromatic carbocycles. The fourth-order valence-electron chi connectivity index (χ4n) is 2.07. The normalized spacial score (nSPS) is 10.4. The van der Waals surface area contributed by atoms with Crippen molar-refractivity contribution in [2.75, 3.05) is 10.6 Å². The Morgan fingerprint density at radius 2 is 1.44 bits per heavy atom. The maximum atomic E-state index is 11.9. The van der Waals surface area contributed by atoms with Gasteiger partial charge in [-0.05, 0) is 42.0 Å². The van der Waals surface area contributed by atoms with Crippen molar-refractivity contribution in [3.8, 4) is 0 Å². The van der Waals surface area contributed by atoms with E-state index in [1.807, 2.05) is 0 Å².